The van der Waals surface area contributed by atoms with Crippen LogP contribution >= 0.6 is 0 Å². The number of carbonyl (C=O) groups is 3. The normalized spacial score (nSPS) is 21.3. The molecule has 1 aliphatic rings. The first-order valence-corrected chi connectivity index (χ1v) is 11.5. The predicted molar refractivity (Wildman–Crippen MR) is 130 cm³/mol. The number of hydrogen-bond acceptors (Lipinski definition) is 5. The number of carbonyl (C=O) groups excluding carboxylic acids is 3. The van der Waals surface area contributed by atoms with Gasteiger partial charge in [0, 0.05) is 57.4 Å². The van der Waals surface area contributed by atoms with E-state index < -0.39 is 11.7 Å². The predicted octanol–water partition coefficient (Wildman–Crippen LogP) is 3.43. The fourth-order valence-electron chi connectivity index (χ4n) is 4.09. The minimum absolute atomic E-state index is 0.00968. The van der Waals surface area contributed by atoms with E-state index in [2.05, 4.69) is 5.32 Å². The summed E-state index contributed by atoms with van der Waals surface area (Å²) in [6, 6.07) is 9.72. The zero-order valence-electron chi connectivity index (χ0n) is 20.7. The number of rotatable bonds is 3. The van der Waals surface area contributed by atoms with Crippen LogP contribution in [0.1, 0.15) is 41.5 Å². The molecule has 2 aromatic rings. The number of hydrogen-bond donors (Lipinski definition) is 1. The van der Waals surface area contributed by atoms with Crippen molar-refractivity contribution >= 4 is 23.4 Å². The highest BCUT2D eigenvalue weighted by Gasteiger charge is 2.29. The number of anilines is 1. The molecule has 1 heterocycles. The highest BCUT2D eigenvalue weighted by molar-refractivity contribution is 6.05. The Hall–Kier alpha value is -3.46. The molecular formula is C26H32FN3O5. The van der Waals surface area contributed by atoms with Gasteiger partial charge < -0.3 is 24.6 Å². The van der Waals surface area contributed by atoms with Crippen LogP contribution < -0.4 is 10.1 Å². The first-order chi connectivity index (χ1) is 16.6. The lowest BCUT2D eigenvalue weighted by Crippen LogP contribution is -2.48. The van der Waals surface area contributed by atoms with E-state index in [1.807, 2.05) is 13.8 Å². The van der Waals surface area contributed by atoms with E-state index in [0.29, 0.717) is 29.9 Å². The summed E-state index contributed by atoms with van der Waals surface area (Å²) in [7, 11) is 3.28. The molecule has 3 rings (SSSR count). The van der Waals surface area contributed by atoms with E-state index in [0.717, 1.165) is 0 Å². The van der Waals surface area contributed by atoms with E-state index in [9.17, 15) is 18.8 Å². The van der Waals surface area contributed by atoms with Gasteiger partial charge in [-0.2, -0.15) is 0 Å². The van der Waals surface area contributed by atoms with Gasteiger partial charge in [0.05, 0.1) is 17.7 Å². The molecule has 8 nitrogen and oxygen atoms in total. The second-order valence-corrected chi connectivity index (χ2v) is 8.94. The molecule has 0 spiro atoms. The van der Waals surface area contributed by atoms with Crippen LogP contribution in [0.2, 0.25) is 0 Å². The summed E-state index contributed by atoms with van der Waals surface area (Å²) in [6.07, 6.45) is -0.268. The Kier molecular flexibility index (Phi) is 8.45. The monoisotopic (exact) mass is 485 g/mol. The van der Waals surface area contributed by atoms with Gasteiger partial charge in [-0.25, -0.2) is 4.39 Å². The number of fused-ring (bicyclic) bond motifs is 1. The molecule has 0 aliphatic carbocycles. The van der Waals surface area contributed by atoms with Gasteiger partial charge in [-0.05, 0) is 43.3 Å². The maximum atomic E-state index is 13.3. The molecule has 3 amide bonds. The summed E-state index contributed by atoms with van der Waals surface area (Å²) in [5.74, 6) is -0.904. The van der Waals surface area contributed by atoms with Crippen LogP contribution in [0.5, 0.6) is 5.75 Å². The summed E-state index contributed by atoms with van der Waals surface area (Å²) >= 11 is 0. The molecule has 9 heteroatoms. The lowest BCUT2D eigenvalue weighted by Gasteiger charge is -2.35. The van der Waals surface area contributed by atoms with E-state index >= 15 is 0 Å². The van der Waals surface area contributed by atoms with Crippen LogP contribution in [0.3, 0.4) is 0 Å². The van der Waals surface area contributed by atoms with Crippen molar-refractivity contribution in [2.75, 3.05) is 39.2 Å². The largest absolute Gasteiger partial charge is 0.491 e. The summed E-state index contributed by atoms with van der Waals surface area (Å²) < 4.78 is 24.9. The summed E-state index contributed by atoms with van der Waals surface area (Å²) in [6.45, 7) is 6.34. The highest BCUT2D eigenvalue weighted by atomic mass is 19.1. The number of ether oxygens (including phenoxy) is 2. The first kappa shape index (κ1) is 26.2. The third kappa shape index (κ3) is 6.36. The van der Waals surface area contributed by atoms with Crippen molar-refractivity contribution in [1.29, 1.82) is 0 Å². The van der Waals surface area contributed by atoms with Crippen molar-refractivity contribution < 1.29 is 28.2 Å². The van der Waals surface area contributed by atoms with Crippen molar-refractivity contribution in [2.45, 2.75) is 32.9 Å². The van der Waals surface area contributed by atoms with Gasteiger partial charge in [0.15, 0.2) is 0 Å². The van der Waals surface area contributed by atoms with Crippen LogP contribution in [-0.2, 0) is 9.53 Å². The van der Waals surface area contributed by atoms with Crippen LogP contribution in [0.25, 0.3) is 0 Å². The molecule has 0 saturated carbocycles. The minimum atomic E-state index is -0.434. The lowest BCUT2D eigenvalue weighted by molar-refractivity contribution is -0.133. The first-order valence-electron chi connectivity index (χ1n) is 11.5. The summed E-state index contributed by atoms with van der Waals surface area (Å²) in [5.41, 5.74) is 1.04. The smallest absolute Gasteiger partial charge is 0.257 e. The number of methoxy groups -OCH3 is 1. The third-order valence-electron chi connectivity index (χ3n) is 6.22. The summed E-state index contributed by atoms with van der Waals surface area (Å²) in [5, 5.41) is 2.75. The molecule has 0 radical (unpaired) electrons. The highest BCUT2D eigenvalue weighted by Crippen LogP contribution is 2.27. The molecular weight excluding hydrogens is 453 g/mol. The molecule has 188 valence electrons. The van der Waals surface area contributed by atoms with Gasteiger partial charge in [0.25, 0.3) is 11.8 Å². The number of likely N-dealkylation sites (N-methyl/N-ethyl adjacent to an activating group) is 1. The van der Waals surface area contributed by atoms with Crippen LogP contribution in [0, 0.1) is 11.7 Å². The number of nitrogens with one attached hydrogen (secondary N) is 1. The molecule has 0 fully saturated rings. The Morgan fingerprint density at radius 2 is 1.80 bits per heavy atom. The second kappa shape index (κ2) is 11.3. The molecule has 0 unspecified atom stereocenters. The molecule has 35 heavy (non-hydrogen) atoms. The van der Waals surface area contributed by atoms with Gasteiger partial charge in [-0.1, -0.05) is 6.92 Å². The van der Waals surface area contributed by atoms with Crippen molar-refractivity contribution in [3.8, 4) is 5.75 Å². The number of halogens is 1. The maximum absolute atomic E-state index is 13.3. The Balaban J connectivity index is 1.93. The second-order valence-electron chi connectivity index (χ2n) is 8.94. The molecule has 0 bridgehead atoms. The van der Waals surface area contributed by atoms with Gasteiger partial charge in [0.1, 0.15) is 18.2 Å². The molecule has 2 aromatic carbocycles. The Labute approximate surface area is 205 Å². The Morgan fingerprint density at radius 3 is 2.43 bits per heavy atom. The number of nitrogens with zero attached hydrogens (tertiary/aromatic N) is 2. The molecule has 1 aliphatic heterocycles. The zero-order valence-corrected chi connectivity index (χ0v) is 20.7. The van der Waals surface area contributed by atoms with Gasteiger partial charge in [0.2, 0.25) is 5.91 Å². The molecule has 1 N–H and O–H groups in total. The van der Waals surface area contributed by atoms with Crippen molar-refractivity contribution in [2.24, 2.45) is 5.92 Å². The van der Waals surface area contributed by atoms with Gasteiger partial charge in [-0.15, -0.1) is 0 Å². The van der Waals surface area contributed by atoms with E-state index in [1.54, 1.807) is 42.2 Å². The van der Waals surface area contributed by atoms with Crippen LogP contribution in [0.4, 0.5) is 10.1 Å². The molecule has 0 aromatic heterocycles. The van der Waals surface area contributed by atoms with Gasteiger partial charge in [-0.3, -0.25) is 14.4 Å². The number of benzene rings is 2. The topological polar surface area (TPSA) is 88.2 Å². The maximum Gasteiger partial charge on any atom is 0.257 e. The number of amides is 3. The quantitative estimate of drug-likeness (QED) is 0.720. The van der Waals surface area contributed by atoms with E-state index in [1.165, 1.54) is 31.2 Å². The third-order valence-corrected chi connectivity index (χ3v) is 6.22. The lowest BCUT2D eigenvalue weighted by atomic mass is 10.0. The van der Waals surface area contributed by atoms with Crippen molar-refractivity contribution in [3.05, 3.63) is 59.4 Å². The summed E-state index contributed by atoms with van der Waals surface area (Å²) in [4.78, 5) is 41.5. The fraction of sp³-hybridized carbons (Fsp3) is 0.423. The SMILES string of the molecule is CO[C@@H]1CN(C)C(=O)c2ccc(NC(=O)c3ccc(F)cc3)cc2OC[C@@H](C)N(C(C)=O)C[C@H]1C. The molecule has 0 saturated heterocycles. The van der Waals surface area contributed by atoms with E-state index in [-0.39, 0.29) is 42.2 Å². The van der Waals surface area contributed by atoms with Crippen molar-refractivity contribution in [3.63, 3.8) is 0 Å². The average Bonchev–Trinajstić information content (AvgIpc) is 2.83. The van der Waals surface area contributed by atoms with Gasteiger partial charge >= 0.3 is 0 Å². The van der Waals surface area contributed by atoms with Crippen LogP contribution in [-0.4, -0.2) is 73.5 Å². The molecule has 3 atom stereocenters. The fourth-order valence-corrected chi connectivity index (χ4v) is 4.09. The average molecular weight is 486 g/mol. The van der Waals surface area contributed by atoms with Crippen molar-refractivity contribution in [1.82, 2.24) is 9.80 Å². The van der Waals surface area contributed by atoms with E-state index in [4.69, 9.17) is 9.47 Å². The Morgan fingerprint density at radius 1 is 1.11 bits per heavy atom. The van der Waals surface area contributed by atoms with Crippen LogP contribution in [0.15, 0.2) is 42.5 Å². The standard InChI is InChI=1S/C26H32FN3O5/c1-16-13-30(18(3)31)17(2)15-35-23-12-21(28-25(32)19-6-8-20(27)9-7-19)10-11-22(23)26(33)29(4)14-24(16)34-5/h6-12,16-17,24H,13-15H2,1-5H3,(H,28,32)/t16-,17-,24-/m1/s1. The zero-order chi connectivity index (χ0) is 25.7. The minimum Gasteiger partial charge on any atom is -0.491 e. The Bertz CT molecular complexity index is 1080.